The number of aromatic nitrogens is 1. The molecule has 0 spiro atoms. The summed E-state index contributed by atoms with van der Waals surface area (Å²) < 4.78 is 4.94. The fraction of sp³-hybridized carbons (Fsp3) is 0.400. The molecule has 148 valence electrons. The summed E-state index contributed by atoms with van der Waals surface area (Å²) in [5, 5.41) is 8.11. The number of carbonyl (C=O) groups excluding carboxylic acids is 1. The number of rotatable bonds is 7. The number of carbonyl (C=O) groups is 1. The minimum atomic E-state index is -0.466. The lowest BCUT2D eigenvalue weighted by atomic mass is 10.00. The van der Waals surface area contributed by atoms with Gasteiger partial charge in [-0.3, -0.25) is 10.6 Å². The summed E-state index contributed by atoms with van der Waals surface area (Å²) in [6, 6.07) is 8.11. The van der Waals surface area contributed by atoms with E-state index < -0.39 is 6.09 Å². The molecule has 2 aromatic rings. The van der Waals surface area contributed by atoms with Crippen LogP contribution in [0.4, 0.5) is 22.1 Å². The molecule has 4 N–H and O–H groups in total. The zero-order valence-corrected chi connectivity index (χ0v) is 17.4. The summed E-state index contributed by atoms with van der Waals surface area (Å²) in [7, 11) is 0. The van der Waals surface area contributed by atoms with Crippen LogP contribution in [0, 0.1) is 20.8 Å². The van der Waals surface area contributed by atoms with E-state index in [-0.39, 0.29) is 12.4 Å². The SMILES string of the molecule is CC[NH2+]c1nc(NCc2c(C)cc(C)cc2C)ccc1NC(=O)OCC.[Cl-]. The van der Waals surface area contributed by atoms with Gasteiger partial charge in [0, 0.05) is 6.54 Å². The van der Waals surface area contributed by atoms with Crippen molar-refractivity contribution in [3.8, 4) is 0 Å². The molecule has 0 saturated carbocycles. The predicted molar refractivity (Wildman–Crippen MR) is 105 cm³/mol. The van der Waals surface area contributed by atoms with Crippen LogP contribution in [0.1, 0.15) is 36.1 Å². The minimum absolute atomic E-state index is 0. The maximum atomic E-state index is 11.7. The molecule has 1 aromatic carbocycles. The van der Waals surface area contributed by atoms with Gasteiger partial charge >= 0.3 is 6.09 Å². The van der Waals surface area contributed by atoms with Crippen molar-refractivity contribution in [2.75, 3.05) is 23.8 Å². The fourth-order valence-corrected chi connectivity index (χ4v) is 2.97. The summed E-state index contributed by atoms with van der Waals surface area (Å²) in [4.78, 5) is 16.3. The number of quaternary nitrogens is 1. The molecular formula is C20H29ClN4O2. The van der Waals surface area contributed by atoms with Crippen LogP contribution in [0.2, 0.25) is 0 Å². The van der Waals surface area contributed by atoms with Crippen molar-refractivity contribution in [2.24, 2.45) is 0 Å². The topological polar surface area (TPSA) is 79.9 Å². The molecule has 0 fully saturated rings. The normalized spacial score (nSPS) is 10.1. The second kappa shape index (κ2) is 10.7. The van der Waals surface area contributed by atoms with E-state index in [2.05, 4.69) is 48.5 Å². The molecule has 0 bridgehead atoms. The number of hydrogen-bond acceptors (Lipinski definition) is 4. The lowest BCUT2D eigenvalue weighted by Gasteiger charge is -2.14. The van der Waals surface area contributed by atoms with Gasteiger partial charge in [-0.15, -0.1) is 0 Å². The third-order valence-corrected chi connectivity index (χ3v) is 4.12. The van der Waals surface area contributed by atoms with Crippen LogP contribution >= 0.6 is 0 Å². The standard InChI is InChI=1S/C20H28N4O2.ClH/c1-6-21-19-17(23-20(25)26-7-2)8-9-18(24-19)22-12-16-14(4)10-13(3)11-15(16)5;/h8-11H,6-7,12H2,1-5H3,(H,23,25)(H2,21,22,24);1H. The summed E-state index contributed by atoms with van der Waals surface area (Å²) in [6.45, 7) is 12.1. The van der Waals surface area contributed by atoms with Gasteiger partial charge in [-0.25, -0.2) is 4.79 Å². The van der Waals surface area contributed by atoms with Crippen molar-refractivity contribution in [1.82, 2.24) is 4.98 Å². The van der Waals surface area contributed by atoms with Crippen LogP contribution in [0.15, 0.2) is 24.3 Å². The van der Waals surface area contributed by atoms with E-state index >= 15 is 0 Å². The van der Waals surface area contributed by atoms with Crippen LogP contribution in [0.3, 0.4) is 0 Å². The molecule has 1 aromatic heterocycles. The van der Waals surface area contributed by atoms with E-state index in [9.17, 15) is 4.79 Å². The van der Waals surface area contributed by atoms with Gasteiger partial charge in [0.1, 0.15) is 11.5 Å². The van der Waals surface area contributed by atoms with Crippen molar-refractivity contribution in [3.63, 3.8) is 0 Å². The highest BCUT2D eigenvalue weighted by atomic mass is 35.5. The van der Waals surface area contributed by atoms with Gasteiger partial charge in [0.15, 0.2) is 0 Å². The summed E-state index contributed by atoms with van der Waals surface area (Å²) in [6.07, 6.45) is -0.466. The molecule has 2 rings (SSSR count). The molecule has 6 nitrogen and oxygen atoms in total. The molecule has 0 unspecified atom stereocenters. The number of halogens is 1. The third-order valence-electron chi connectivity index (χ3n) is 4.12. The smallest absolute Gasteiger partial charge is 0.411 e. The molecule has 0 aliphatic heterocycles. The Morgan fingerprint density at radius 3 is 2.41 bits per heavy atom. The van der Waals surface area contributed by atoms with Crippen molar-refractivity contribution in [2.45, 2.75) is 41.2 Å². The monoisotopic (exact) mass is 392 g/mol. The predicted octanol–water partition coefficient (Wildman–Crippen LogP) is 0.406. The molecule has 7 heteroatoms. The largest absolute Gasteiger partial charge is 1.00 e. The van der Waals surface area contributed by atoms with Crippen LogP contribution in [0.25, 0.3) is 0 Å². The minimum Gasteiger partial charge on any atom is -1.00 e. The van der Waals surface area contributed by atoms with E-state index in [0.717, 1.165) is 18.2 Å². The van der Waals surface area contributed by atoms with Crippen molar-refractivity contribution in [1.29, 1.82) is 0 Å². The number of hydrogen-bond donors (Lipinski definition) is 3. The van der Waals surface area contributed by atoms with E-state index in [1.54, 1.807) is 6.92 Å². The second-order valence-corrected chi connectivity index (χ2v) is 6.32. The molecule has 1 heterocycles. The summed E-state index contributed by atoms with van der Waals surface area (Å²) in [5.74, 6) is 1.52. The van der Waals surface area contributed by atoms with Gasteiger partial charge in [0.05, 0.1) is 13.2 Å². The highest BCUT2D eigenvalue weighted by molar-refractivity contribution is 5.87. The van der Waals surface area contributed by atoms with Gasteiger partial charge in [-0.1, -0.05) is 17.7 Å². The lowest BCUT2D eigenvalue weighted by molar-refractivity contribution is -0.570. The van der Waals surface area contributed by atoms with E-state index in [4.69, 9.17) is 4.74 Å². The number of amides is 1. The highest BCUT2D eigenvalue weighted by Crippen LogP contribution is 2.21. The molecule has 27 heavy (non-hydrogen) atoms. The first-order chi connectivity index (χ1) is 12.4. The molecular weight excluding hydrogens is 364 g/mol. The number of benzene rings is 1. The van der Waals surface area contributed by atoms with Gasteiger partial charge in [0.2, 0.25) is 5.82 Å². The first kappa shape index (κ1) is 22.7. The lowest BCUT2D eigenvalue weighted by Crippen LogP contribution is -3.00. The Kier molecular flexibility index (Phi) is 9.05. The maximum absolute atomic E-state index is 11.7. The number of anilines is 2. The summed E-state index contributed by atoms with van der Waals surface area (Å²) >= 11 is 0. The zero-order valence-electron chi connectivity index (χ0n) is 16.6. The first-order valence-electron chi connectivity index (χ1n) is 9.03. The number of nitrogens with one attached hydrogen (secondary N) is 2. The Bertz CT molecular complexity index is 758. The quantitative estimate of drug-likeness (QED) is 0.637. The van der Waals surface area contributed by atoms with Crippen LogP contribution in [-0.4, -0.2) is 24.2 Å². The van der Waals surface area contributed by atoms with Crippen molar-refractivity contribution < 1.29 is 27.3 Å². The number of aryl methyl sites for hydroxylation is 3. The molecule has 0 aliphatic carbocycles. The summed E-state index contributed by atoms with van der Waals surface area (Å²) in [5.41, 5.74) is 5.76. The van der Waals surface area contributed by atoms with Crippen LogP contribution in [0.5, 0.6) is 0 Å². The van der Waals surface area contributed by atoms with Crippen molar-refractivity contribution in [3.05, 3.63) is 46.5 Å². The van der Waals surface area contributed by atoms with Gasteiger partial charge in [-0.2, -0.15) is 4.98 Å². The van der Waals surface area contributed by atoms with E-state index in [1.165, 1.54) is 22.3 Å². The van der Waals surface area contributed by atoms with E-state index in [1.807, 2.05) is 24.4 Å². The Morgan fingerprint density at radius 1 is 1.15 bits per heavy atom. The first-order valence-corrected chi connectivity index (χ1v) is 9.03. The van der Waals surface area contributed by atoms with Gasteiger partial charge < -0.3 is 22.5 Å². The number of ether oxygens (including phenoxy) is 1. The Hall–Kier alpha value is -2.31. The average Bonchev–Trinajstić information content (AvgIpc) is 2.56. The average molecular weight is 393 g/mol. The number of nitrogens with zero attached hydrogens (tertiary/aromatic N) is 1. The number of pyridine rings is 1. The Morgan fingerprint density at radius 2 is 1.81 bits per heavy atom. The molecule has 0 aliphatic rings. The molecule has 0 radical (unpaired) electrons. The van der Waals surface area contributed by atoms with Crippen LogP contribution < -0.4 is 28.4 Å². The molecule has 0 saturated heterocycles. The highest BCUT2D eigenvalue weighted by Gasteiger charge is 2.13. The number of nitrogens with two attached hydrogens (primary N) is 1. The van der Waals surface area contributed by atoms with E-state index in [0.29, 0.717) is 18.8 Å². The van der Waals surface area contributed by atoms with Gasteiger partial charge in [-0.05, 0) is 63.4 Å². The third kappa shape index (κ3) is 6.41. The zero-order chi connectivity index (χ0) is 19.1. The Labute approximate surface area is 167 Å². The van der Waals surface area contributed by atoms with Crippen LogP contribution in [-0.2, 0) is 11.3 Å². The fourth-order valence-electron chi connectivity index (χ4n) is 2.97. The maximum Gasteiger partial charge on any atom is 0.411 e. The van der Waals surface area contributed by atoms with Gasteiger partial charge in [0.25, 0.3) is 0 Å². The molecule has 0 atom stereocenters. The van der Waals surface area contributed by atoms with Crippen molar-refractivity contribution >= 4 is 23.4 Å². The second-order valence-electron chi connectivity index (χ2n) is 6.32. The molecule has 1 amide bonds. The Balaban J connectivity index is 0.00000364.